The highest BCUT2D eigenvalue weighted by Gasteiger charge is 2.00. The van der Waals surface area contributed by atoms with Crippen LogP contribution in [0.2, 0.25) is 0 Å². The smallest absolute Gasteiger partial charge is 0.409 e. The first kappa shape index (κ1) is 15.2. The summed E-state index contributed by atoms with van der Waals surface area (Å²) in [5.41, 5.74) is -0.207. The number of fused-ring (bicyclic) bond motifs is 2. The van der Waals surface area contributed by atoms with E-state index >= 15 is 0 Å². The standard InChI is InChI=1S/2C8H5NO3/c2*10-7-5-3-1-2-4-6(5)12-8(11)9-7/h2*1-4H,(H,9,10,11). The number of nitrogens with one attached hydrogen (secondary N) is 2. The molecule has 0 saturated heterocycles. The topological polar surface area (TPSA) is 126 Å². The number of rotatable bonds is 0. The number of para-hydroxylation sites is 2. The lowest BCUT2D eigenvalue weighted by molar-refractivity contribution is 0.528. The van der Waals surface area contributed by atoms with Gasteiger partial charge >= 0.3 is 11.5 Å². The van der Waals surface area contributed by atoms with Crippen molar-refractivity contribution >= 4 is 21.9 Å². The lowest BCUT2D eigenvalue weighted by Gasteiger charge is -1.91. The molecule has 0 saturated carbocycles. The number of benzene rings is 2. The van der Waals surface area contributed by atoms with E-state index in [1.54, 1.807) is 48.5 Å². The van der Waals surface area contributed by atoms with Crippen molar-refractivity contribution < 1.29 is 8.83 Å². The van der Waals surface area contributed by atoms with Gasteiger partial charge in [-0.2, -0.15) is 0 Å². The van der Waals surface area contributed by atoms with Crippen LogP contribution in [0.3, 0.4) is 0 Å². The molecule has 0 amide bonds. The van der Waals surface area contributed by atoms with Crippen LogP contribution in [0.15, 0.2) is 76.5 Å². The van der Waals surface area contributed by atoms with Crippen molar-refractivity contribution in [2.24, 2.45) is 0 Å². The van der Waals surface area contributed by atoms with Gasteiger partial charge in [0.25, 0.3) is 11.1 Å². The lowest BCUT2D eigenvalue weighted by Crippen LogP contribution is -2.17. The van der Waals surface area contributed by atoms with Crippen molar-refractivity contribution in [2.75, 3.05) is 0 Å². The summed E-state index contributed by atoms with van der Waals surface area (Å²) in [6, 6.07) is 13.1. The van der Waals surface area contributed by atoms with Crippen LogP contribution in [-0.2, 0) is 0 Å². The fourth-order valence-corrected chi connectivity index (χ4v) is 2.06. The third-order valence-electron chi connectivity index (χ3n) is 3.10. The molecule has 2 aromatic heterocycles. The molecule has 24 heavy (non-hydrogen) atoms. The summed E-state index contributed by atoms with van der Waals surface area (Å²) in [6.45, 7) is 0. The van der Waals surface area contributed by atoms with Crippen molar-refractivity contribution in [3.63, 3.8) is 0 Å². The van der Waals surface area contributed by atoms with Crippen molar-refractivity contribution in [3.8, 4) is 0 Å². The zero-order valence-electron chi connectivity index (χ0n) is 12.1. The second kappa shape index (κ2) is 6.21. The van der Waals surface area contributed by atoms with Crippen molar-refractivity contribution in [3.05, 3.63) is 90.3 Å². The van der Waals surface area contributed by atoms with Gasteiger partial charge in [0.2, 0.25) is 0 Å². The molecule has 0 aliphatic rings. The maximum atomic E-state index is 11.1. The number of aromatic amines is 2. The fourth-order valence-electron chi connectivity index (χ4n) is 2.06. The largest absolute Gasteiger partial charge is 0.419 e. The minimum absolute atomic E-state index is 0.311. The van der Waals surface area contributed by atoms with E-state index in [9.17, 15) is 19.2 Å². The maximum Gasteiger partial charge on any atom is 0.419 e. The molecule has 4 aromatic rings. The summed E-state index contributed by atoms with van der Waals surface area (Å²) in [6.07, 6.45) is 0. The van der Waals surface area contributed by atoms with Gasteiger partial charge in [-0.25, -0.2) is 9.59 Å². The first-order valence-corrected chi connectivity index (χ1v) is 6.79. The second-order valence-corrected chi connectivity index (χ2v) is 4.68. The molecule has 4 rings (SSSR count). The van der Waals surface area contributed by atoms with Gasteiger partial charge in [-0.05, 0) is 24.3 Å². The molecule has 2 N–H and O–H groups in total. The first-order chi connectivity index (χ1) is 11.5. The number of aromatic nitrogens is 2. The molecule has 0 unspecified atom stereocenters. The van der Waals surface area contributed by atoms with E-state index in [-0.39, 0.29) is 0 Å². The van der Waals surface area contributed by atoms with E-state index < -0.39 is 22.6 Å². The van der Waals surface area contributed by atoms with Gasteiger partial charge in [-0.15, -0.1) is 0 Å². The Bertz CT molecular complexity index is 1150. The average Bonchev–Trinajstić information content (AvgIpc) is 2.55. The Balaban J connectivity index is 0.000000141. The van der Waals surface area contributed by atoms with Crippen LogP contribution in [0.4, 0.5) is 0 Å². The predicted molar refractivity (Wildman–Crippen MR) is 86.2 cm³/mol. The van der Waals surface area contributed by atoms with Gasteiger partial charge in [0.15, 0.2) is 0 Å². The molecule has 0 aliphatic heterocycles. The summed E-state index contributed by atoms with van der Waals surface area (Å²) < 4.78 is 9.46. The zero-order valence-corrected chi connectivity index (χ0v) is 12.1. The summed E-state index contributed by atoms with van der Waals surface area (Å²) >= 11 is 0. The van der Waals surface area contributed by atoms with Gasteiger partial charge in [-0.1, -0.05) is 24.3 Å². The maximum absolute atomic E-state index is 11.1. The molecule has 0 fully saturated rings. The monoisotopic (exact) mass is 326 g/mol. The van der Waals surface area contributed by atoms with Gasteiger partial charge in [0.05, 0.1) is 10.8 Å². The highest BCUT2D eigenvalue weighted by Crippen LogP contribution is 2.04. The van der Waals surface area contributed by atoms with Crippen LogP contribution in [0.5, 0.6) is 0 Å². The molecule has 2 aromatic carbocycles. The summed E-state index contributed by atoms with van der Waals surface area (Å²) in [5.74, 6) is -1.45. The van der Waals surface area contributed by atoms with Crippen LogP contribution in [-0.4, -0.2) is 9.97 Å². The van der Waals surface area contributed by atoms with Crippen molar-refractivity contribution in [2.45, 2.75) is 0 Å². The van der Waals surface area contributed by atoms with Crippen LogP contribution in [0.25, 0.3) is 21.9 Å². The molecule has 8 heteroatoms. The van der Waals surface area contributed by atoms with Gasteiger partial charge < -0.3 is 8.83 Å². The molecule has 0 aliphatic carbocycles. The third kappa shape index (κ3) is 3.07. The minimum atomic E-state index is -0.723. The van der Waals surface area contributed by atoms with E-state index in [1.165, 1.54) is 0 Å². The zero-order chi connectivity index (χ0) is 17.1. The molecule has 8 nitrogen and oxygen atoms in total. The van der Waals surface area contributed by atoms with Crippen LogP contribution in [0.1, 0.15) is 0 Å². The molecular formula is C16H10N2O6. The Morgan fingerprint density at radius 3 is 1.38 bits per heavy atom. The van der Waals surface area contributed by atoms with Gasteiger partial charge in [-0.3, -0.25) is 19.6 Å². The van der Waals surface area contributed by atoms with E-state index in [0.29, 0.717) is 21.9 Å². The van der Waals surface area contributed by atoms with E-state index in [2.05, 4.69) is 0 Å². The third-order valence-corrected chi connectivity index (χ3v) is 3.10. The SMILES string of the molecule is O=c1[nH]c(=O)c2ccccc2o1.O=c1[nH]c(=O)c2ccccc2o1. The first-order valence-electron chi connectivity index (χ1n) is 6.79. The van der Waals surface area contributed by atoms with Crippen molar-refractivity contribution in [1.82, 2.24) is 9.97 Å². The summed E-state index contributed by atoms with van der Waals surface area (Å²) in [5, 5.41) is 0.772. The Morgan fingerprint density at radius 2 is 0.958 bits per heavy atom. The molecule has 2 heterocycles. The second-order valence-electron chi connectivity index (χ2n) is 4.68. The number of hydrogen-bond donors (Lipinski definition) is 2. The normalized spacial score (nSPS) is 10.3. The molecule has 0 atom stereocenters. The van der Waals surface area contributed by atoms with E-state index in [1.807, 2.05) is 9.97 Å². The Morgan fingerprint density at radius 1 is 0.583 bits per heavy atom. The fraction of sp³-hybridized carbons (Fsp3) is 0. The summed E-state index contributed by atoms with van der Waals surface area (Å²) in [4.78, 5) is 47.6. The van der Waals surface area contributed by atoms with E-state index in [0.717, 1.165) is 0 Å². The Kier molecular flexibility index (Phi) is 3.94. The molecule has 0 bridgehead atoms. The highest BCUT2D eigenvalue weighted by molar-refractivity contribution is 5.75. The van der Waals surface area contributed by atoms with Gasteiger partial charge in [0, 0.05) is 0 Å². The quantitative estimate of drug-likeness (QED) is 0.495. The number of hydrogen-bond acceptors (Lipinski definition) is 6. The molecule has 0 spiro atoms. The minimum Gasteiger partial charge on any atom is -0.409 e. The summed E-state index contributed by atoms with van der Waals surface area (Å²) in [7, 11) is 0. The lowest BCUT2D eigenvalue weighted by atomic mass is 10.3. The van der Waals surface area contributed by atoms with Crippen LogP contribution in [0, 0.1) is 0 Å². The van der Waals surface area contributed by atoms with Crippen molar-refractivity contribution in [1.29, 1.82) is 0 Å². The molecular weight excluding hydrogens is 316 g/mol. The molecule has 0 radical (unpaired) electrons. The van der Waals surface area contributed by atoms with Gasteiger partial charge in [0.1, 0.15) is 11.2 Å². The van der Waals surface area contributed by atoms with Crippen LogP contribution < -0.4 is 22.6 Å². The predicted octanol–water partition coefficient (Wildman–Crippen LogP) is 0.963. The average molecular weight is 326 g/mol. The van der Waals surface area contributed by atoms with Crippen LogP contribution >= 0.6 is 0 Å². The molecule has 120 valence electrons. The highest BCUT2D eigenvalue weighted by atomic mass is 16.4. The Hall–Kier alpha value is -3.68. The van der Waals surface area contributed by atoms with E-state index in [4.69, 9.17) is 8.83 Å². The Labute approximate surface area is 132 Å². The number of H-pyrrole nitrogens is 2.